The van der Waals surface area contributed by atoms with E-state index in [4.69, 9.17) is 5.11 Å². The summed E-state index contributed by atoms with van der Waals surface area (Å²) in [7, 11) is 0. The molecule has 2 fully saturated rings. The Balaban J connectivity index is 2.08. The van der Waals surface area contributed by atoms with Gasteiger partial charge in [0.15, 0.2) is 0 Å². The Kier molecular flexibility index (Phi) is 3.42. The van der Waals surface area contributed by atoms with Crippen molar-refractivity contribution in [1.82, 2.24) is 4.90 Å². The van der Waals surface area contributed by atoms with Crippen LogP contribution in [-0.2, 0) is 9.59 Å². The second-order valence-corrected chi connectivity index (χ2v) is 4.69. The number of aliphatic hydroxyl groups is 1. The second kappa shape index (κ2) is 4.68. The molecule has 2 aliphatic rings. The van der Waals surface area contributed by atoms with Crippen LogP contribution in [0.2, 0.25) is 0 Å². The van der Waals surface area contributed by atoms with E-state index in [0.29, 0.717) is 12.8 Å². The zero-order valence-electron chi connectivity index (χ0n) is 9.31. The molecule has 1 N–H and O–H groups in total. The van der Waals surface area contributed by atoms with Crippen LogP contribution in [0.3, 0.4) is 0 Å². The Morgan fingerprint density at radius 2 is 1.65 bits per heavy atom. The van der Waals surface area contributed by atoms with Crippen molar-refractivity contribution < 1.29 is 23.5 Å². The second-order valence-electron chi connectivity index (χ2n) is 4.69. The SMILES string of the molecule is O=C1C2CCCCC2C(=O)N1CC(O)C(F)F. The summed E-state index contributed by atoms with van der Waals surface area (Å²) in [6.45, 7) is -0.581. The summed E-state index contributed by atoms with van der Waals surface area (Å²) in [6.07, 6.45) is -1.79. The lowest BCUT2D eigenvalue weighted by molar-refractivity contribution is -0.143. The number of hydrogen-bond acceptors (Lipinski definition) is 3. The van der Waals surface area contributed by atoms with Gasteiger partial charge in [0.1, 0.15) is 6.10 Å². The predicted octanol–water partition coefficient (Wildman–Crippen LogP) is 0.788. The lowest BCUT2D eigenvalue weighted by Crippen LogP contribution is -2.40. The van der Waals surface area contributed by atoms with Crippen molar-refractivity contribution in [3.8, 4) is 0 Å². The molecule has 0 aromatic rings. The van der Waals surface area contributed by atoms with Gasteiger partial charge >= 0.3 is 0 Å². The molecule has 1 aliphatic heterocycles. The van der Waals surface area contributed by atoms with Crippen LogP contribution in [0, 0.1) is 11.8 Å². The Hall–Kier alpha value is -1.04. The molecule has 4 nitrogen and oxygen atoms in total. The Morgan fingerprint density at radius 3 is 2.06 bits per heavy atom. The van der Waals surface area contributed by atoms with Gasteiger partial charge in [0.05, 0.1) is 18.4 Å². The van der Waals surface area contributed by atoms with Gasteiger partial charge in [0.2, 0.25) is 11.8 Å². The van der Waals surface area contributed by atoms with E-state index < -0.39 is 19.1 Å². The van der Waals surface area contributed by atoms with E-state index in [1.165, 1.54) is 0 Å². The molecular weight excluding hydrogens is 232 g/mol. The van der Waals surface area contributed by atoms with Crippen LogP contribution in [0.15, 0.2) is 0 Å². The van der Waals surface area contributed by atoms with Crippen LogP contribution in [0.4, 0.5) is 8.78 Å². The fourth-order valence-corrected chi connectivity index (χ4v) is 2.68. The molecule has 3 atom stereocenters. The van der Waals surface area contributed by atoms with Crippen LogP contribution in [0.25, 0.3) is 0 Å². The molecule has 1 saturated carbocycles. The first kappa shape index (κ1) is 12.4. The van der Waals surface area contributed by atoms with Crippen molar-refractivity contribution >= 4 is 11.8 Å². The van der Waals surface area contributed by atoms with Crippen LogP contribution >= 0.6 is 0 Å². The number of carbonyl (C=O) groups is 2. The molecule has 1 heterocycles. The minimum Gasteiger partial charge on any atom is -0.385 e. The van der Waals surface area contributed by atoms with Gasteiger partial charge in [-0.15, -0.1) is 0 Å². The third-order valence-electron chi connectivity index (χ3n) is 3.59. The fraction of sp³-hybridized carbons (Fsp3) is 0.818. The van der Waals surface area contributed by atoms with Crippen LogP contribution < -0.4 is 0 Å². The van der Waals surface area contributed by atoms with Crippen molar-refractivity contribution in [2.75, 3.05) is 6.54 Å². The highest BCUT2D eigenvalue weighted by molar-refractivity contribution is 6.05. The average molecular weight is 247 g/mol. The van der Waals surface area contributed by atoms with E-state index in [1.54, 1.807) is 0 Å². The number of rotatable bonds is 3. The number of nitrogens with zero attached hydrogens (tertiary/aromatic N) is 1. The first-order chi connectivity index (χ1) is 8.02. The molecule has 0 aromatic carbocycles. The highest BCUT2D eigenvalue weighted by Gasteiger charge is 2.48. The molecule has 17 heavy (non-hydrogen) atoms. The van der Waals surface area contributed by atoms with Gasteiger partial charge in [-0.3, -0.25) is 14.5 Å². The van der Waals surface area contributed by atoms with Crippen molar-refractivity contribution in [1.29, 1.82) is 0 Å². The number of likely N-dealkylation sites (tertiary alicyclic amines) is 1. The first-order valence-corrected chi connectivity index (χ1v) is 5.84. The van der Waals surface area contributed by atoms with E-state index in [9.17, 15) is 18.4 Å². The third-order valence-corrected chi connectivity index (χ3v) is 3.59. The molecule has 0 radical (unpaired) electrons. The molecule has 0 spiro atoms. The summed E-state index contributed by atoms with van der Waals surface area (Å²) in [5.41, 5.74) is 0. The van der Waals surface area contributed by atoms with E-state index in [2.05, 4.69) is 0 Å². The Labute approximate surface area is 97.6 Å². The summed E-state index contributed by atoms with van der Waals surface area (Å²) in [5.74, 6) is -1.47. The summed E-state index contributed by atoms with van der Waals surface area (Å²) in [6, 6.07) is 0. The van der Waals surface area contributed by atoms with Gasteiger partial charge in [-0.05, 0) is 12.8 Å². The topological polar surface area (TPSA) is 57.6 Å². The van der Waals surface area contributed by atoms with Crippen molar-refractivity contribution in [2.24, 2.45) is 11.8 Å². The van der Waals surface area contributed by atoms with Crippen molar-refractivity contribution in [3.05, 3.63) is 0 Å². The maximum absolute atomic E-state index is 12.2. The normalized spacial score (nSPS) is 30.9. The summed E-state index contributed by atoms with van der Waals surface area (Å²) in [5, 5.41) is 9.06. The number of alkyl halides is 2. The Morgan fingerprint density at radius 1 is 1.18 bits per heavy atom. The highest BCUT2D eigenvalue weighted by Crippen LogP contribution is 2.38. The average Bonchev–Trinajstić information content (AvgIpc) is 2.55. The zero-order chi connectivity index (χ0) is 12.6. The van der Waals surface area contributed by atoms with E-state index in [0.717, 1.165) is 17.7 Å². The summed E-state index contributed by atoms with van der Waals surface area (Å²) < 4.78 is 24.4. The quantitative estimate of drug-likeness (QED) is 0.750. The summed E-state index contributed by atoms with van der Waals surface area (Å²) >= 11 is 0. The number of carbonyl (C=O) groups excluding carboxylic acids is 2. The number of hydrogen-bond donors (Lipinski definition) is 1. The summed E-state index contributed by atoms with van der Waals surface area (Å²) in [4.78, 5) is 24.5. The fourth-order valence-electron chi connectivity index (χ4n) is 2.68. The van der Waals surface area contributed by atoms with Gasteiger partial charge in [-0.1, -0.05) is 12.8 Å². The highest BCUT2D eigenvalue weighted by atomic mass is 19.3. The van der Waals surface area contributed by atoms with E-state index in [1.807, 2.05) is 0 Å². The molecular formula is C11H15F2NO3. The molecule has 0 bridgehead atoms. The minimum atomic E-state index is -2.93. The molecule has 96 valence electrons. The molecule has 0 aromatic heterocycles. The lowest BCUT2D eigenvalue weighted by atomic mass is 9.81. The number of imide groups is 1. The number of fused-ring (bicyclic) bond motifs is 1. The largest absolute Gasteiger partial charge is 0.385 e. The molecule has 3 unspecified atom stereocenters. The minimum absolute atomic E-state index is 0.346. The molecule has 1 aliphatic carbocycles. The predicted molar refractivity (Wildman–Crippen MR) is 54.2 cm³/mol. The number of amides is 2. The van der Waals surface area contributed by atoms with Gasteiger partial charge in [-0.2, -0.15) is 0 Å². The molecule has 2 amide bonds. The maximum Gasteiger partial charge on any atom is 0.265 e. The first-order valence-electron chi connectivity index (χ1n) is 5.84. The van der Waals surface area contributed by atoms with Crippen LogP contribution in [0.5, 0.6) is 0 Å². The smallest absolute Gasteiger partial charge is 0.265 e. The number of aliphatic hydroxyl groups excluding tert-OH is 1. The monoisotopic (exact) mass is 247 g/mol. The third kappa shape index (κ3) is 2.18. The number of halogens is 2. The van der Waals surface area contributed by atoms with Crippen LogP contribution in [-0.4, -0.2) is 40.9 Å². The van der Waals surface area contributed by atoms with Crippen LogP contribution in [0.1, 0.15) is 25.7 Å². The van der Waals surface area contributed by atoms with Gasteiger partial charge in [0, 0.05) is 0 Å². The van der Waals surface area contributed by atoms with Gasteiger partial charge in [-0.25, -0.2) is 8.78 Å². The molecule has 2 rings (SSSR count). The van der Waals surface area contributed by atoms with E-state index >= 15 is 0 Å². The van der Waals surface area contributed by atoms with Gasteiger partial charge < -0.3 is 5.11 Å². The van der Waals surface area contributed by atoms with Crippen molar-refractivity contribution in [3.63, 3.8) is 0 Å². The zero-order valence-corrected chi connectivity index (χ0v) is 9.31. The number of β-amino-alcohol motifs (C(OH)–C–C–N with tert-alkyl or cyclic N) is 1. The van der Waals surface area contributed by atoms with Gasteiger partial charge in [0.25, 0.3) is 6.43 Å². The lowest BCUT2D eigenvalue weighted by Gasteiger charge is -2.19. The standard InChI is InChI=1S/C11H15F2NO3/c12-9(13)8(15)5-14-10(16)6-3-1-2-4-7(6)11(14)17/h6-9,15H,1-5H2. The van der Waals surface area contributed by atoms with E-state index in [-0.39, 0.29) is 23.7 Å². The maximum atomic E-state index is 12.2. The molecule has 6 heteroatoms. The molecule has 1 saturated heterocycles. The Bertz CT molecular complexity index is 311. The van der Waals surface area contributed by atoms with Crippen molar-refractivity contribution in [2.45, 2.75) is 38.2 Å².